The van der Waals surface area contributed by atoms with Crippen LogP contribution in [-0.2, 0) is 0 Å². The summed E-state index contributed by atoms with van der Waals surface area (Å²) in [4.78, 5) is 29.0. The first-order chi connectivity index (χ1) is 14.6. The summed E-state index contributed by atoms with van der Waals surface area (Å²) in [5.41, 5.74) is 1.49. The quantitative estimate of drug-likeness (QED) is 0.362. The summed E-state index contributed by atoms with van der Waals surface area (Å²) in [5.74, 6) is 0.893. The van der Waals surface area contributed by atoms with Crippen LogP contribution in [0.25, 0.3) is 6.08 Å². The van der Waals surface area contributed by atoms with E-state index in [-0.39, 0.29) is 17.3 Å². The average molecular weight is 403 g/mol. The lowest BCUT2D eigenvalue weighted by molar-refractivity contribution is 0.0734. The molecule has 0 amide bonds. The Morgan fingerprint density at radius 1 is 0.967 bits per heavy atom. The Balaban J connectivity index is 1.54. The lowest BCUT2D eigenvalue weighted by atomic mass is 10.1. The van der Waals surface area contributed by atoms with E-state index in [4.69, 9.17) is 18.9 Å². The number of allylic oxidation sites excluding steroid dienone is 1. The minimum absolute atomic E-state index is 0.194. The van der Waals surface area contributed by atoms with Gasteiger partial charge in [-0.15, -0.1) is 0 Å². The Bertz CT molecular complexity index is 1150. The Hall–Kier alpha value is -4.13. The molecule has 150 valence electrons. The van der Waals surface area contributed by atoms with E-state index >= 15 is 0 Å². The molecule has 0 saturated heterocycles. The van der Waals surface area contributed by atoms with Crippen molar-refractivity contribution in [1.29, 1.82) is 0 Å². The zero-order chi connectivity index (χ0) is 21.1. The van der Waals surface area contributed by atoms with Gasteiger partial charge in [0.1, 0.15) is 11.5 Å². The summed E-state index contributed by atoms with van der Waals surface area (Å²) in [6.07, 6.45) is 4.90. The molecule has 1 aromatic heterocycles. The number of rotatable bonds is 5. The zero-order valence-corrected chi connectivity index (χ0v) is 16.2. The molecular weight excluding hydrogens is 386 g/mol. The molecule has 2 aromatic carbocycles. The maximum atomic E-state index is 12.5. The number of hydrogen-bond donors (Lipinski definition) is 0. The van der Waals surface area contributed by atoms with Crippen LogP contribution in [0.3, 0.4) is 0 Å². The lowest BCUT2D eigenvalue weighted by Gasteiger charge is -2.10. The van der Waals surface area contributed by atoms with Crippen LogP contribution >= 0.6 is 0 Å². The molecule has 0 bridgehead atoms. The van der Waals surface area contributed by atoms with Crippen LogP contribution in [0.4, 0.5) is 0 Å². The van der Waals surface area contributed by atoms with Gasteiger partial charge in [0, 0.05) is 18.5 Å². The molecule has 1 aliphatic rings. The molecular formula is C23H17NO6. The second-order valence-corrected chi connectivity index (χ2v) is 6.34. The number of ether oxygens (including phenoxy) is 4. The summed E-state index contributed by atoms with van der Waals surface area (Å²) in [6.45, 7) is 0. The van der Waals surface area contributed by atoms with Crippen molar-refractivity contribution in [3.8, 4) is 23.0 Å². The topological polar surface area (TPSA) is 84.0 Å². The SMILES string of the molecule is COc1ccc(C(=O)Oc2ccc3c(c2)O/C(=C\c2ccncc2)C3=O)cc1OC. The number of nitrogens with zero attached hydrogens (tertiary/aromatic N) is 1. The second kappa shape index (κ2) is 8.08. The van der Waals surface area contributed by atoms with E-state index in [2.05, 4.69) is 4.98 Å². The van der Waals surface area contributed by atoms with Crippen LogP contribution in [0.1, 0.15) is 26.3 Å². The number of aromatic nitrogens is 1. The number of esters is 1. The van der Waals surface area contributed by atoms with E-state index in [1.54, 1.807) is 54.9 Å². The average Bonchev–Trinajstić information content (AvgIpc) is 3.08. The first-order valence-electron chi connectivity index (χ1n) is 9.01. The molecule has 4 rings (SSSR count). The van der Waals surface area contributed by atoms with Gasteiger partial charge in [-0.3, -0.25) is 9.78 Å². The fraction of sp³-hybridized carbons (Fsp3) is 0.0870. The van der Waals surface area contributed by atoms with E-state index in [1.165, 1.54) is 26.4 Å². The monoisotopic (exact) mass is 403 g/mol. The van der Waals surface area contributed by atoms with Crippen molar-refractivity contribution >= 4 is 17.8 Å². The molecule has 0 unspecified atom stereocenters. The number of pyridine rings is 1. The predicted molar refractivity (Wildman–Crippen MR) is 108 cm³/mol. The zero-order valence-electron chi connectivity index (χ0n) is 16.2. The number of carbonyl (C=O) groups excluding carboxylic acids is 2. The van der Waals surface area contributed by atoms with Gasteiger partial charge in [0.15, 0.2) is 17.3 Å². The summed E-state index contributed by atoms with van der Waals surface area (Å²) in [7, 11) is 3.00. The fourth-order valence-electron chi connectivity index (χ4n) is 2.97. The van der Waals surface area contributed by atoms with Crippen molar-refractivity contribution in [1.82, 2.24) is 4.98 Å². The van der Waals surface area contributed by atoms with Gasteiger partial charge in [-0.05, 0) is 54.1 Å². The van der Waals surface area contributed by atoms with Gasteiger partial charge in [0.05, 0.1) is 25.3 Å². The van der Waals surface area contributed by atoms with Gasteiger partial charge in [-0.2, -0.15) is 0 Å². The van der Waals surface area contributed by atoms with Crippen molar-refractivity contribution in [3.05, 3.63) is 83.4 Å². The third kappa shape index (κ3) is 3.73. The Morgan fingerprint density at radius 3 is 2.47 bits per heavy atom. The molecule has 3 aromatic rings. The third-order valence-corrected chi connectivity index (χ3v) is 4.48. The van der Waals surface area contributed by atoms with Crippen LogP contribution in [0.2, 0.25) is 0 Å². The van der Waals surface area contributed by atoms with Gasteiger partial charge < -0.3 is 18.9 Å². The smallest absolute Gasteiger partial charge is 0.343 e. The van der Waals surface area contributed by atoms with E-state index in [0.29, 0.717) is 28.4 Å². The van der Waals surface area contributed by atoms with Crippen molar-refractivity contribution in [2.45, 2.75) is 0 Å². The molecule has 30 heavy (non-hydrogen) atoms. The molecule has 2 heterocycles. The van der Waals surface area contributed by atoms with E-state index in [9.17, 15) is 9.59 Å². The molecule has 7 nitrogen and oxygen atoms in total. The van der Waals surface area contributed by atoms with Crippen molar-refractivity contribution in [2.75, 3.05) is 14.2 Å². The Labute approximate surface area is 172 Å². The van der Waals surface area contributed by atoms with Crippen molar-refractivity contribution in [3.63, 3.8) is 0 Å². The van der Waals surface area contributed by atoms with E-state index < -0.39 is 5.97 Å². The molecule has 0 spiro atoms. The second-order valence-electron chi connectivity index (χ2n) is 6.34. The molecule has 0 aliphatic carbocycles. The fourth-order valence-corrected chi connectivity index (χ4v) is 2.97. The maximum Gasteiger partial charge on any atom is 0.343 e. The minimum atomic E-state index is -0.576. The van der Waals surface area contributed by atoms with Gasteiger partial charge >= 0.3 is 5.97 Å². The van der Waals surface area contributed by atoms with Crippen LogP contribution in [0, 0.1) is 0 Å². The van der Waals surface area contributed by atoms with Gasteiger partial charge in [-0.1, -0.05) is 0 Å². The number of carbonyl (C=O) groups is 2. The van der Waals surface area contributed by atoms with Crippen molar-refractivity contribution < 1.29 is 28.5 Å². The summed E-state index contributed by atoms with van der Waals surface area (Å²) < 4.78 is 21.5. The standard InChI is InChI=1S/C23H17NO6/c1-27-18-6-3-15(12-20(18)28-2)23(26)29-16-4-5-17-19(13-16)30-21(22(17)25)11-14-7-9-24-10-8-14/h3-13H,1-2H3/b21-11-. The highest BCUT2D eigenvalue weighted by Gasteiger charge is 2.28. The van der Waals surface area contributed by atoms with Crippen LogP contribution in [-0.4, -0.2) is 31.0 Å². The summed E-state index contributed by atoms with van der Waals surface area (Å²) >= 11 is 0. The molecule has 0 atom stereocenters. The number of ketones is 1. The number of hydrogen-bond acceptors (Lipinski definition) is 7. The van der Waals surface area contributed by atoms with Crippen molar-refractivity contribution in [2.24, 2.45) is 0 Å². The molecule has 0 N–H and O–H groups in total. The number of methoxy groups -OCH3 is 2. The minimum Gasteiger partial charge on any atom is -0.493 e. The van der Waals surface area contributed by atoms with E-state index in [1.807, 2.05) is 0 Å². The van der Waals surface area contributed by atoms with Gasteiger partial charge in [-0.25, -0.2) is 4.79 Å². The van der Waals surface area contributed by atoms with Crippen LogP contribution in [0.15, 0.2) is 66.7 Å². The Kier molecular flexibility index (Phi) is 5.17. The highest BCUT2D eigenvalue weighted by molar-refractivity contribution is 6.14. The lowest BCUT2D eigenvalue weighted by Crippen LogP contribution is -2.09. The molecule has 0 saturated carbocycles. The van der Waals surface area contributed by atoms with Crippen LogP contribution in [0.5, 0.6) is 23.0 Å². The summed E-state index contributed by atoms with van der Waals surface area (Å²) in [5, 5.41) is 0. The predicted octanol–water partition coefficient (Wildman–Crippen LogP) is 3.93. The molecule has 1 aliphatic heterocycles. The molecule has 0 radical (unpaired) electrons. The van der Waals surface area contributed by atoms with E-state index in [0.717, 1.165) is 5.56 Å². The first-order valence-corrected chi connectivity index (χ1v) is 9.01. The number of fused-ring (bicyclic) bond motifs is 1. The number of Topliss-reactive ketones (excluding diaryl/α,β-unsaturated/α-hetero) is 1. The molecule has 0 fully saturated rings. The highest BCUT2D eigenvalue weighted by Crippen LogP contribution is 2.35. The summed E-state index contributed by atoms with van der Waals surface area (Å²) in [6, 6.07) is 12.9. The van der Waals surface area contributed by atoms with Gasteiger partial charge in [0.25, 0.3) is 0 Å². The highest BCUT2D eigenvalue weighted by atomic mass is 16.5. The normalized spacial score (nSPS) is 13.5. The largest absolute Gasteiger partial charge is 0.493 e. The first kappa shape index (κ1) is 19.2. The van der Waals surface area contributed by atoms with Crippen LogP contribution < -0.4 is 18.9 Å². The Morgan fingerprint density at radius 2 is 1.73 bits per heavy atom. The molecule has 7 heteroatoms. The van der Waals surface area contributed by atoms with Gasteiger partial charge in [0.2, 0.25) is 5.78 Å². The maximum absolute atomic E-state index is 12.5. The number of benzene rings is 2. The third-order valence-electron chi connectivity index (χ3n) is 4.48.